The zero-order valence-electron chi connectivity index (χ0n) is 6.17. The van der Waals surface area contributed by atoms with E-state index in [4.69, 9.17) is 0 Å². The van der Waals surface area contributed by atoms with E-state index in [0.29, 0.717) is 5.33 Å². The zero-order chi connectivity index (χ0) is 9.14. The first-order valence-electron chi connectivity index (χ1n) is 3.42. The van der Waals surface area contributed by atoms with Gasteiger partial charge in [-0.2, -0.15) is 0 Å². The molecule has 1 rings (SSSR count). The summed E-state index contributed by atoms with van der Waals surface area (Å²) in [6.07, 6.45) is 4.23. The number of nitro groups is 1. The van der Waals surface area contributed by atoms with E-state index in [1.807, 2.05) is 6.08 Å². The van der Waals surface area contributed by atoms with Gasteiger partial charge in [-0.3, -0.25) is 10.1 Å². The maximum Gasteiger partial charge on any atom is 0.251 e. The van der Waals surface area contributed by atoms with Crippen molar-refractivity contribution < 1.29 is 4.92 Å². The highest BCUT2D eigenvalue weighted by Crippen LogP contribution is 2.28. The molecule has 12 heavy (non-hydrogen) atoms. The van der Waals surface area contributed by atoms with Gasteiger partial charge in [0.1, 0.15) is 0 Å². The Kier molecular flexibility index (Phi) is 3.46. The lowest BCUT2D eigenvalue weighted by Crippen LogP contribution is -2.15. The zero-order valence-corrected chi connectivity index (χ0v) is 9.34. The van der Waals surface area contributed by atoms with Crippen LogP contribution in [-0.4, -0.2) is 10.3 Å². The van der Waals surface area contributed by atoms with Crippen LogP contribution in [0.3, 0.4) is 0 Å². The second-order valence-electron chi connectivity index (χ2n) is 2.50. The Balaban J connectivity index is 2.88. The number of halogens is 2. The quantitative estimate of drug-likeness (QED) is 0.447. The van der Waals surface area contributed by atoms with Crippen LogP contribution in [0.15, 0.2) is 22.3 Å². The molecule has 0 aromatic heterocycles. The van der Waals surface area contributed by atoms with E-state index in [-0.39, 0.29) is 16.5 Å². The van der Waals surface area contributed by atoms with Gasteiger partial charge in [0.25, 0.3) is 5.70 Å². The van der Waals surface area contributed by atoms with Gasteiger partial charge in [-0.05, 0) is 6.42 Å². The number of nitrogens with zero attached hydrogens (tertiary/aromatic N) is 1. The highest BCUT2D eigenvalue weighted by molar-refractivity contribution is 9.11. The number of hydrogen-bond acceptors (Lipinski definition) is 2. The molecule has 0 aromatic carbocycles. The maximum atomic E-state index is 10.5. The first-order valence-corrected chi connectivity index (χ1v) is 5.34. The summed E-state index contributed by atoms with van der Waals surface area (Å²) in [5.74, 6) is 0.00120. The van der Waals surface area contributed by atoms with Crippen LogP contribution < -0.4 is 0 Å². The van der Waals surface area contributed by atoms with Gasteiger partial charge in [-0.15, -0.1) is 0 Å². The summed E-state index contributed by atoms with van der Waals surface area (Å²) in [5.41, 5.74) is 0.279. The molecule has 0 N–H and O–H groups in total. The van der Waals surface area contributed by atoms with Crippen molar-refractivity contribution in [1.29, 1.82) is 0 Å². The summed E-state index contributed by atoms with van der Waals surface area (Å²) in [6, 6.07) is 0. The summed E-state index contributed by atoms with van der Waals surface area (Å²) in [6.45, 7) is 0. The predicted molar refractivity (Wildman–Crippen MR) is 54.0 cm³/mol. The summed E-state index contributed by atoms with van der Waals surface area (Å²) < 4.78 is 0.798. The Morgan fingerprint density at radius 1 is 1.75 bits per heavy atom. The van der Waals surface area contributed by atoms with Crippen molar-refractivity contribution in [2.45, 2.75) is 6.42 Å². The fraction of sp³-hybridized carbons (Fsp3) is 0.429. The molecule has 5 heteroatoms. The van der Waals surface area contributed by atoms with Crippen molar-refractivity contribution in [2.24, 2.45) is 5.92 Å². The minimum Gasteiger partial charge on any atom is -0.259 e. The lowest BCUT2D eigenvalue weighted by molar-refractivity contribution is -0.433. The van der Waals surface area contributed by atoms with Crippen molar-refractivity contribution >= 4 is 31.9 Å². The van der Waals surface area contributed by atoms with Gasteiger partial charge in [0.15, 0.2) is 0 Å². The van der Waals surface area contributed by atoms with Crippen LogP contribution in [0.4, 0.5) is 0 Å². The summed E-state index contributed by atoms with van der Waals surface area (Å²) in [4.78, 5) is 10.2. The van der Waals surface area contributed by atoms with Crippen molar-refractivity contribution in [3.8, 4) is 0 Å². The number of allylic oxidation sites excluding steroid dienone is 4. The predicted octanol–water partition coefficient (Wildman–Crippen LogP) is 2.84. The van der Waals surface area contributed by atoms with Crippen LogP contribution in [0, 0.1) is 16.0 Å². The van der Waals surface area contributed by atoms with Gasteiger partial charge >= 0.3 is 0 Å². The van der Waals surface area contributed by atoms with E-state index in [9.17, 15) is 10.1 Å². The third-order valence-electron chi connectivity index (χ3n) is 1.70. The normalized spacial score (nSPS) is 23.0. The minimum atomic E-state index is -0.319. The van der Waals surface area contributed by atoms with Crippen molar-refractivity contribution in [2.75, 3.05) is 5.33 Å². The average molecular weight is 297 g/mol. The molecule has 0 heterocycles. The van der Waals surface area contributed by atoms with Crippen LogP contribution in [0.2, 0.25) is 0 Å². The van der Waals surface area contributed by atoms with Gasteiger partial charge in [0.2, 0.25) is 0 Å². The Bertz CT molecular complexity index is 260. The molecular weight excluding hydrogens is 290 g/mol. The van der Waals surface area contributed by atoms with Gasteiger partial charge in [-0.25, -0.2) is 0 Å². The first-order chi connectivity index (χ1) is 5.65. The lowest BCUT2D eigenvalue weighted by Gasteiger charge is -2.12. The Morgan fingerprint density at radius 3 is 2.92 bits per heavy atom. The van der Waals surface area contributed by atoms with E-state index in [2.05, 4.69) is 31.9 Å². The maximum absolute atomic E-state index is 10.5. The van der Waals surface area contributed by atoms with Gasteiger partial charge < -0.3 is 0 Å². The van der Waals surface area contributed by atoms with Gasteiger partial charge in [0, 0.05) is 15.9 Å². The molecule has 0 spiro atoms. The molecule has 0 saturated heterocycles. The molecule has 0 bridgehead atoms. The first kappa shape index (κ1) is 9.92. The molecule has 0 fully saturated rings. The molecule has 0 saturated carbocycles. The summed E-state index contributed by atoms with van der Waals surface area (Å²) in [7, 11) is 0. The van der Waals surface area contributed by atoms with Crippen LogP contribution in [0.1, 0.15) is 6.42 Å². The molecule has 1 atom stereocenters. The molecule has 1 unspecified atom stereocenters. The number of hydrogen-bond donors (Lipinski definition) is 0. The third-order valence-corrected chi connectivity index (χ3v) is 3.03. The Morgan fingerprint density at radius 2 is 2.42 bits per heavy atom. The van der Waals surface area contributed by atoms with Crippen molar-refractivity contribution in [3.63, 3.8) is 0 Å². The molecule has 1 aliphatic carbocycles. The van der Waals surface area contributed by atoms with Crippen LogP contribution in [0.25, 0.3) is 0 Å². The monoisotopic (exact) mass is 295 g/mol. The molecule has 0 radical (unpaired) electrons. The molecule has 0 aliphatic heterocycles. The smallest absolute Gasteiger partial charge is 0.251 e. The highest BCUT2D eigenvalue weighted by Gasteiger charge is 2.25. The van der Waals surface area contributed by atoms with E-state index in [0.717, 1.165) is 10.9 Å². The Labute approximate surface area is 86.9 Å². The van der Waals surface area contributed by atoms with E-state index >= 15 is 0 Å². The van der Waals surface area contributed by atoms with E-state index in [1.54, 1.807) is 6.08 Å². The van der Waals surface area contributed by atoms with Crippen molar-refractivity contribution in [3.05, 3.63) is 32.4 Å². The SMILES string of the molecule is O=[N+]([O-])C1=CC(Br)=CCC1CBr. The molecule has 3 nitrogen and oxygen atoms in total. The molecule has 1 aliphatic rings. The van der Waals surface area contributed by atoms with Crippen molar-refractivity contribution in [1.82, 2.24) is 0 Å². The molecule has 0 amide bonds. The van der Waals surface area contributed by atoms with Crippen LogP contribution >= 0.6 is 31.9 Å². The summed E-state index contributed by atoms with van der Waals surface area (Å²) in [5, 5.41) is 11.2. The fourth-order valence-electron chi connectivity index (χ4n) is 1.04. The second kappa shape index (κ2) is 4.18. The third kappa shape index (κ3) is 2.17. The minimum absolute atomic E-state index is 0.00120. The molecular formula is C7H7Br2NO2. The van der Waals surface area contributed by atoms with E-state index < -0.39 is 0 Å². The largest absolute Gasteiger partial charge is 0.259 e. The van der Waals surface area contributed by atoms with E-state index in [1.165, 1.54) is 0 Å². The number of rotatable bonds is 2. The summed E-state index contributed by atoms with van der Waals surface area (Å²) >= 11 is 6.47. The average Bonchev–Trinajstić information content (AvgIpc) is 2.04. The molecule has 66 valence electrons. The second-order valence-corrected chi connectivity index (χ2v) is 4.07. The van der Waals surface area contributed by atoms with Gasteiger partial charge in [-0.1, -0.05) is 37.9 Å². The van der Waals surface area contributed by atoms with Crippen LogP contribution in [-0.2, 0) is 0 Å². The molecule has 0 aromatic rings. The van der Waals surface area contributed by atoms with Gasteiger partial charge in [0.05, 0.1) is 10.8 Å². The highest BCUT2D eigenvalue weighted by atomic mass is 79.9. The lowest BCUT2D eigenvalue weighted by atomic mass is 9.99. The standard InChI is InChI=1S/C7H7Br2NO2/c8-4-5-1-2-6(9)3-7(5)10(11)12/h2-3,5H,1,4H2. The Hall–Kier alpha value is -0.160. The van der Waals surface area contributed by atoms with Crippen LogP contribution in [0.5, 0.6) is 0 Å². The number of alkyl halides is 1. The fourth-order valence-corrected chi connectivity index (χ4v) is 2.05. The topological polar surface area (TPSA) is 43.1 Å².